The fourth-order valence-electron chi connectivity index (χ4n) is 14.3. The summed E-state index contributed by atoms with van der Waals surface area (Å²) >= 11 is 0. The largest absolute Gasteiger partial charge is 0.481 e. The summed E-state index contributed by atoms with van der Waals surface area (Å²) in [5.74, 6) is 0.550. The van der Waals surface area contributed by atoms with E-state index < -0.39 is 22.4 Å². The van der Waals surface area contributed by atoms with Crippen molar-refractivity contribution in [3.63, 3.8) is 0 Å². The Balaban J connectivity index is 1.20. The fourth-order valence-corrected chi connectivity index (χ4v) is 14.3. The minimum absolute atomic E-state index is 0.0525. The summed E-state index contributed by atoms with van der Waals surface area (Å²) in [5.41, 5.74) is -0.540. The molecule has 1 aliphatic heterocycles. The van der Waals surface area contributed by atoms with Gasteiger partial charge in [0.1, 0.15) is 17.8 Å². The summed E-state index contributed by atoms with van der Waals surface area (Å²) < 4.78 is 18.3. The van der Waals surface area contributed by atoms with Crippen LogP contribution in [0.15, 0.2) is 12.2 Å². The quantitative estimate of drug-likeness (QED) is 0.147. The second-order valence-electron chi connectivity index (χ2n) is 22.3. The van der Waals surface area contributed by atoms with Gasteiger partial charge in [0.15, 0.2) is 0 Å². The Morgan fingerprint density at radius 2 is 1.47 bits per heavy atom. The summed E-state index contributed by atoms with van der Waals surface area (Å²) in [5, 5.41) is 9.36. The van der Waals surface area contributed by atoms with Crippen LogP contribution in [-0.4, -0.2) is 64.9 Å². The number of aliphatic carboxylic acids is 1. The smallest absolute Gasteiger partial charge is 0.410 e. The minimum Gasteiger partial charge on any atom is -0.481 e. The van der Waals surface area contributed by atoms with Crippen molar-refractivity contribution in [3.8, 4) is 0 Å². The Kier molecular flexibility index (Phi) is 10.7. The van der Waals surface area contributed by atoms with E-state index in [1.165, 1.54) is 5.57 Å². The molecule has 0 aromatic carbocycles. The van der Waals surface area contributed by atoms with E-state index in [0.717, 1.165) is 64.2 Å². The zero-order valence-corrected chi connectivity index (χ0v) is 36.1. The average molecular weight is 768 g/mol. The molecule has 0 bridgehead atoms. The first-order chi connectivity index (χ1) is 25.3. The molecule has 310 valence electrons. The Morgan fingerprint density at radius 1 is 0.782 bits per heavy atom. The third-order valence-electron chi connectivity index (χ3n) is 17.0. The molecule has 1 N–H and O–H groups in total. The first-order valence-electron chi connectivity index (χ1n) is 21.6. The van der Waals surface area contributed by atoms with Crippen LogP contribution in [0.2, 0.25) is 0 Å². The maximum atomic E-state index is 14.7. The van der Waals surface area contributed by atoms with Crippen LogP contribution in [0, 0.1) is 62.1 Å². The van der Waals surface area contributed by atoms with Crippen molar-refractivity contribution < 1.29 is 38.5 Å². The number of nitrogens with zero attached hydrogens (tertiary/aromatic N) is 1. The highest BCUT2D eigenvalue weighted by Gasteiger charge is 2.72. The minimum atomic E-state index is -0.899. The molecule has 0 aromatic rings. The van der Waals surface area contributed by atoms with Crippen molar-refractivity contribution in [2.45, 2.75) is 177 Å². The molecule has 6 rings (SSSR count). The van der Waals surface area contributed by atoms with Gasteiger partial charge in [0, 0.05) is 18.4 Å². The summed E-state index contributed by atoms with van der Waals surface area (Å²) in [7, 11) is 0. The summed E-state index contributed by atoms with van der Waals surface area (Å²) in [6.07, 6.45) is 9.70. The lowest BCUT2D eigenvalue weighted by Gasteiger charge is -2.72. The molecule has 0 spiro atoms. The Morgan fingerprint density at radius 3 is 2.11 bits per heavy atom. The zero-order valence-electron chi connectivity index (χ0n) is 36.1. The SMILES string of the molecule is C=C(C)[C@@H]1CC[C@]2(C(=O)OC3CCN(C(=O)OC(C)(C)C)C3)CC[C@]3(C)[C@H](CC[C@@H]4[C@@]5(C)CC[C@H](OC(=O)CC(C)(C)CC(=O)O)C(C)(C)[C@@H]5CC[C@]43C)[C@@H]12. The number of carbonyl (C=O) groups is 4. The van der Waals surface area contributed by atoms with Gasteiger partial charge in [0.05, 0.1) is 24.8 Å². The summed E-state index contributed by atoms with van der Waals surface area (Å²) in [6, 6.07) is 0. The molecule has 6 aliphatic rings. The Bertz CT molecular complexity index is 1560. The summed E-state index contributed by atoms with van der Waals surface area (Å²) in [4.78, 5) is 53.9. The number of carboxylic acids is 1. The van der Waals surface area contributed by atoms with Gasteiger partial charge >= 0.3 is 24.0 Å². The number of hydrogen-bond acceptors (Lipinski definition) is 7. The molecule has 9 heteroatoms. The molecule has 9 nitrogen and oxygen atoms in total. The number of allylic oxidation sites excluding steroid dienone is 1. The maximum absolute atomic E-state index is 14.7. The van der Waals surface area contributed by atoms with Crippen LogP contribution < -0.4 is 0 Å². The Labute approximate surface area is 331 Å². The number of amides is 1. The van der Waals surface area contributed by atoms with E-state index in [1.807, 2.05) is 34.6 Å². The van der Waals surface area contributed by atoms with E-state index in [4.69, 9.17) is 14.2 Å². The average Bonchev–Trinajstić information content (AvgIpc) is 3.67. The number of carboxylic acid groups (broad SMARTS) is 1. The molecule has 5 saturated carbocycles. The lowest BCUT2D eigenvalue weighted by Crippen LogP contribution is -2.67. The zero-order chi connectivity index (χ0) is 40.7. The lowest BCUT2D eigenvalue weighted by molar-refractivity contribution is -0.251. The third-order valence-corrected chi connectivity index (χ3v) is 17.0. The number of likely N-dealkylation sites (tertiary alicyclic amines) is 1. The van der Waals surface area contributed by atoms with Gasteiger partial charge in [-0.3, -0.25) is 14.4 Å². The summed E-state index contributed by atoms with van der Waals surface area (Å²) in [6.45, 7) is 29.1. The highest BCUT2D eigenvalue weighted by Crippen LogP contribution is 2.77. The normalized spacial score (nSPS) is 40.9. The van der Waals surface area contributed by atoms with Crippen molar-refractivity contribution in [1.82, 2.24) is 4.90 Å². The van der Waals surface area contributed by atoms with Crippen LogP contribution >= 0.6 is 0 Å². The number of carbonyl (C=O) groups excluding carboxylic acids is 3. The van der Waals surface area contributed by atoms with Crippen LogP contribution in [0.5, 0.6) is 0 Å². The van der Waals surface area contributed by atoms with Gasteiger partial charge in [0.2, 0.25) is 0 Å². The van der Waals surface area contributed by atoms with Crippen LogP contribution in [0.3, 0.4) is 0 Å². The molecule has 11 atom stereocenters. The number of rotatable bonds is 8. The highest BCUT2D eigenvalue weighted by molar-refractivity contribution is 5.79. The van der Waals surface area contributed by atoms with Crippen molar-refractivity contribution in [3.05, 3.63) is 12.2 Å². The molecule has 1 unspecified atom stereocenters. The predicted octanol–water partition coefficient (Wildman–Crippen LogP) is 10.00. The van der Waals surface area contributed by atoms with E-state index in [0.29, 0.717) is 37.3 Å². The predicted molar refractivity (Wildman–Crippen MR) is 212 cm³/mol. The monoisotopic (exact) mass is 768 g/mol. The highest BCUT2D eigenvalue weighted by atomic mass is 16.6. The first kappa shape index (κ1) is 42.0. The number of fused-ring (bicyclic) bond motifs is 7. The number of ether oxygens (including phenoxy) is 3. The van der Waals surface area contributed by atoms with Crippen LogP contribution in [0.4, 0.5) is 4.79 Å². The van der Waals surface area contributed by atoms with Gasteiger partial charge in [0.25, 0.3) is 0 Å². The molecule has 5 aliphatic carbocycles. The van der Waals surface area contributed by atoms with Gasteiger partial charge < -0.3 is 24.2 Å². The number of esters is 2. The van der Waals surface area contributed by atoms with Gasteiger partial charge in [-0.15, -0.1) is 0 Å². The molecule has 1 amide bonds. The van der Waals surface area contributed by atoms with Crippen molar-refractivity contribution in [2.24, 2.45) is 62.1 Å². The second kappa shape index (κ2) is 14.1. The van der Waals surface area contributed by atoms with Gasteiger partial charge in [-0.2, -0.15) is 0 Å². The van der Waals surface area contributed by atoms with Crippen molar-refractivity contribution in [2.75, 3.05) is 13.1 Å². The van der Waals surface area contributed by atoms with Gasteiger partial charge in [-0.05, 0) is 143 Å². The standard InChI is InChI=1S/C46H73NO8/c1-28(2)30-15-21-46(38(51)53-29-18-24-47(27-29)39(52)55-40(3,4)5)23-22-44(11)31(37(30)46)13-14-33-43(10)19-17-34(42(8,9)32(43)16-20-45(33,44)12)54-36(50)26-41(6,7)25-35(48)49/h29-34,37H,1,13-27H2,2-12H3,(H,48,49)/t29?,30-,31+,32-,33+,34-,37+,43-,44+,45+,46-/m0/s1. The first-order valence-corrected chi connectivity index (χ1v) is 21.6. The van der Waals surface area contributed by atoms with Crippen LogP contribution in [0.1, 0.15) is 160 Å². The van der Waals surface area contributed by atoms with Crippen molar-refractivity contribution in [1.29, 1.82) is 0 Å². The van der Waals surface area contributed by atoms with Crippen molar-refractivity contribution >= 4 is 24.0 Å². The lowest BCUT2D eigenvalue weighted by atomic mass is 9.32. The topological polar surface area (TPSA) is 119 Å². The van der Waals surface area contributed by atoms with E-state index in [9.17, 15) is 24.3 Å². The molecule has 1 saturated heterocycles. The Hall–Kier alpha value is -2.58. The van der Waals surface area contributed by atoms with Gasteiger partial charge in [-0.25, -0.2) is 4.79 Å². The van der Waals surface area contributed by atoms with E-state index in [1.54, 1.807) is 4.90 Å². The second-order valence-corrected chi connectivity index (χ2v) is 22.3. The van der Waals surface area contributed by atoms with E-state index in [2.05, 4.69) is 48.1 Å². The molecule has 6 fully saturated rings. The molecule has 55 heavy (non-hydrogen) atoms. The molecular weight excluding hydrogens is 695 g/mol. The van der Waals surface area contributed by atoms with Crippen LogP contribution in [-0.2, 0) is 28.6 Å². The molecular formula is C46H73NO8. The molecule has 0 aromatic heterocycles. The van der Waals surface area contributed by atoms with E-state index >= 15 is 0 Å². The van der Waals surface area contributed by atoms with Crippen LogP contribution in [0.25, 0.3) is 0 Å². The van der Waals surface area contributed by atoms with Gasteiger partial charge in [-0.1, -0.05) is 60.6 Å². The fraction of sp³-hybridized carbons (Fsp3) is 0.870. The molecule has 1 heterocycles. The molecule has 0 radical (unpaired) electrons. The van der Waals surface area contributed by atoms with E-state index in [-0.39, 0.29) is 76.6 Å². The third kappa shape index (κ3) is 7.16. The maximum Gasteiger partial charge on any atom is 0.410 e. The number of hydrogen-bond donors (Lipinski definition) is 1.